The predicted octanol–water partition coefficient (Wildman–Crippen LogP) is 4.82. The molecular weight excluding hydrogens is 452 g/mol. The number of hydrogen-bond acceptors (Lipinski definition) is 6. The Hall–Kier alpha value is -3.23. The lowest BCUT2D eigenvalue weighted by Gasteiger charge is -2.11. The molecule has 8 heteroatoms. The van der Waals surface area contributed by atoms with E-state index in [1.165, 1.54) is 34.2 Å². The number of nitrogens with zero attached hydrogens (tertiary/aromatic N) is 4. The summed E-state index contributed by atoms with van der Waals surface area (Å²) in [6, 6.07) is 13.6. The normalized spacial score (nSPS) is 11.5. The Bertz CT molecular complexity index is 1660. The molecule has 0 fully saturated rings. The highest BCUT2D eigenvalue weighted by atomic mass is 32.2. The summed E-state index contributed by atoms with van der Waals surface area (Å²) in [4.78, 5) is 36.1. The van der Waals surface area contributed by atoms with Crippen LogP contribution in [-0.2, 0) is 19.8 Å². The number of rotatable bonds is 4. The summed E-state index contributed by atoms with van der Waals surface area (Å²) >= 11 is 2.88. The summed E-state index contributed by atoms with van der Waals surface area (Å²) in [7, 11) is 3.47. The minimum atomic E-state index is -0.0789. The van der Waals surface area contributed by atoms with E-state index in [1.54, 1.807) is 29.3 Å². The first-order valence-electron chi connectivity index (χ1n) is 10.5. The lowest BCUT2D eigenvalue weighted by molar-refractivity contribution is 0.725. The van der Waals surface area contributed by atoms with Gasteiger partial charge in [-0.1, -0.05) is 42.1 Å². The molecule has 0 aliphatic rings. The molecule has 5 rings (SSSR count). The highest BCUT2D eigenvalue weighted by molar-refractivity contribution is 7.98. The molecule has 0 radical (unpaired) electrons. The monoisotopic (exact) mass is 474 g/mol. The van der Waals surface area contributed by atoms with Gasteiger partial charge >= 0.3 is 0 Å². The molecule has 5 aromatic rings. The van der Waals surface area contributed by atoms with Gasteiger partial charge in [-0.25, -0.2) is 9.97 Å². The molecule has 0 amide bonds. The number of benzene rings is 2. The average molecular weight is 475 g/mol. The van der Waals surface area contributed by atoms with Crippen molar-refractivity contribution in [1.29, 1.82) is 0 Å². The molecule has 0 spiro atoms. The summed E-state index contributed by atoms with van der Waals surface area (Å²) in [5.41, 5.74) is 4.88. The Morgan fingerprint density at radius 1 is 0.939 bits per heavy atom. The smallest absolute Gasteiger partial charge is 0.263 e. The third kappa shape index (κ3) is 3.69. The third-order valence-electron chi connectivity index (χ3n) is 6.00. The van der Waals surface area contributed by atoms with Crippen molar-refractivity contribution in [3.63, 3.8) is 0 Å². The largest absolute Gasteiger partial charge is 0.299 e. The highest BCUT2D eigenvalue weighted by Gasteiger charge is 2.17. The molecule has 166 valence electrons. The zero-order valence-electron chi connectivity index (χ0n) is 18.7. The van der Waals surface area contributed by atoms with Gasteiger partial charge in [-0.2, -0.15) is 0 Å². The van der Waals surface area contributed by atoms with Crippen LogP contribution in [0.2, 0.25) is 0 Å². The minimum Gasteiger partial charge on any atom is -0.299 e. The molecule has 0 aliphatic carbocycles. The Labute approximate surface area is 198 Å². The van der Waals surface area contributed by atoms with Gasteiger partial charge in [-0.05, 0) is 42.7 Å². The van der Waals surface area contributed by atoms with Crippen molar-refractivity contribution in [2.75, 3.05) is 0 Å². The molecule has 0 atom stereocenters. The van der Waals surface area contributed by atoms with Gasteiger partial charge in [-0.3, -0.25) is 18.7 Å². The van der Waals surface area contributed by atoms with Crippen molar-refractivity contribution in [2.45, 2.75) is 24.8 Å². The van der Waals surface area contributed by atoms with Crippen LogP contribution in [0.3, 0.4) is 0 Å². The van der Waals surface area contributed by atoms with Gasteiger partial charge in [0.1, 0.15) is 10.7 Å². The molecule has 0 saturated carbocycles. The van der Waals surface area contributed by atoms with Crippen LogP contribution in [0.1, 0.15) is 17.0 Å². The van der Waals surface area contributed by atoms with Crippen LogP contribution in [0.5, 0.6) is 0 Å². The second kappa shape index (κ2) is 8.28. The molecule has 0 bridgehead atoms. The SMILES string of the molecule is Cc1ccc(-c2csc3nc(SCc4nc5ccccc5c(=O)n4C)n(C)c(=O)c23)cc1C. The first-order chi connectivity index (χ1) is 15.8. The summed E-state index contributed by atoms with van der Waals surface area (Å²) in [6.07, 6.45) is 0. The Morgan fingerprint density at radius 3 is 2.52 bits per heavy atom. The summed E-state index contributed by atoms with van der Waals surface area (Å²) in [6.45, 7) is 4.15. The van der Waals surface area contributed by atoms with E-state index in [0.29, 0.717) is 37.9 Å². The molecule has 0 saturated heterocycles. The Kier molecular flexibility index (Phi) is 5.42. The topological polar surface area (TPSA) is 69.8 Å². The second-order valence-corrected chi connectivity index (χ2v) is 9.89. The summed E-state index contributed by atoms with van der Waals surface area (Å²) < 4.78 is 3.15. The van der Waals surface area contributed by atoms with Crippen molar-refractivity contribution in [3.8, 4) is 11.1 Å². The van der Waals surface area contributed by atoms with Crippen LogP contribution in [0.15, 0.2) is 62.6 Å². The fraction of sp³-hybridized carbons (Fsp3) is 0.200. The number of thioether (sulfide) groups is 1. The van der Waals surface area contributed by atoms with Crippen molar-refractivity contribution in [3.05, 3.63) is 85.5 Å². The lowest BCUT2D eigenvalue weighted by Crippen LogP contribution is -2.22. The lowest BCUT2D eigenvalue weighted by atomic mass is 10.0. The van der Waals surface area contributed by atoms with Gasteiger partial charge in [0.15, 0.2) is 5.16 Å². The van der Waals surface area contributed by atoms with Gasteiger partial charge in [0, 0.05) is 25.0 Å². The fourth-order valence-corrected chi connectivity index (χ4v) is 5.77. The minimum absolute atomic E-state index is 0.0719. The van der Waals surface area contributed by atoms with Gasteiger partial charge in [-0.15, -0.1) is 11.3 Å². The number of fused-ring (bicyclic) bond motifs is 2. The highest BCUT2D eigenvalue weighted by Crippen LogP contribution is 2.33. The maximum Gasteiger partial charge on any atom is 0.263 e. The van der Waals surface area contributed by atoms with Crippen molar-refractivity contribution < 1.29 is 0 Å². The van der Waals surface area contributed by atoms with Crippen molar-refractivity contribution >= 4 is 44.2 Å². The molecule has 3 aromatic heterocycles. The second-order valence-electron chi connectivity index (χ2n) is 8.09. The van der Waals surface area contributed by atoms with Crippen LogP contribution < -0.4 is 11.1 Å². The number of thiophene rings is 1. The number of hydrogen-bond donors (Lipinski definition) is 0. The number of aromatic nitrogens is 4. The molecule has 2 aromatic carbocycles. The van der Waals surface area contributed by atoms with E-state index >= 15 is 0 Å². The van der Waals surface area contributed by atoms with Crippen molar-refractivity contribution in [1.82, 2.24) is 19.1 Å². The van der Waals surface area contributed by atoms with E-state index in [9.17, 15) is 9.59 Å². The van der Waals surface area contributed by atoms with E-state index < -0.39 is 0 Å². The fourth-order valence-electron chi connectivity index (χ4n) is 3.83. The molecule has 0 N–H and O–H groups in total. The van der Waals surface area contributed by atoms with E-state index in [0.717, 1.165) is 11.1 Å². The van der Waals surface area contributed by atoms with Crippen molar-refractivity contribution in [2.24, 2.45) is 14.1 Å². The van der Waals surface area contributed by atoms with E-state index in [4.69, 9.17) is 4.98 Å². The first kappa shape index (κ1) is 21.6. The Balaban J connectivity index is 1.53. The van der Waals surface area contributed by atoms with Crippen LogP contribution in [0.25, 0.3) is 32.2 Å². The van der Waals surface area contributed by atoms with Crippen LogP contribution >= 0.6 is 23.1 Å². The number of para-hydroxylation sites is 1. The quantitative estimate of drug-likeness (QED) is 0.276. The average Bonchev–Trinajstić information content (AvgIpc) is 3.24. The molecular formula is C25H22N4O2S2. The van der Waals surface area contributed by atoms with E-state index in [-0.39, 0.29) is 11.1 Å². The summed E-state index contributed by atoms with van der Waals surface area (Å²) in [5.74, 6) is 1.07. The molecule has 0 aliphatic heterocycles. The Morgan fingerprint density at radius 2 is 1.73 bits per heavy atom. The zero-order valence-corrected chi connectivity index (χ0v) is 20.4. The van der Waals surface area contributed by atoms with Crippen LogP contribution in [-0.4, -0.2) is 19.1 Å². The van der Waals surface area contributed by atoms with Crippen LogP contribution in [0.4, 0.5) is 0 Å². The molecule has 0 unspecified atom stereocenters. The van der Waals surface area contributed by atoms with Gasteiger partial charge in [0.2, 0.25) is 0 Å². The predicted molar refractivity (Wildman–Crippen MR) is 136 cm³/mol. The third-order valence-corrected chi connectivity index (χ3v) is 7.90. The molecule has 3 heterocycles. The number of aryl methyl sites for hydroxylation is 2. The zero-order chi connectivity index (χ0) is 23.3. The maximum atomic E-state index is 13.3. The van der Waals surface area contributed by atoms with Gasteiger partial charge in [0.05, 0.1) is 22.0 Å². The molecule has 33 heavy (non-hydrogen) atoms. The maximum absolute atomic E-state index is 13.3. The van der Waals surface area contributed by atoms with Crippen LogP contribution in [0, 0.1) is 13.8 Å². The van der Waals surface area contributed by atoms with Gasteiger partial charge in [0.25, 0.3) is 11.1 Å². The summed E-state index contributed by atoms with van der Waals surface area (Å²) in [5, 5.41) is 3.85. The standard InChI is InChI=1S/C25H22N4O2S2/c1-14-9-10-16(11-15(14)2)18-12-32-22-21(18)24(31)29(4)25(27-22)33-13-20-26-19-8-6-5-7-17(19)23(30)28(20)3/h5-12H,13H2,1-4H3. The van der Waals surface area contributed by atoms with E-state index in [1.807, 2.05) is 23.6 Å². The molecule has 6 nitrogen and oxygen atoms in total. The van der Waals surface area contributed by atoms with Gasteiger partial charge < -0.3 is 0 Å². The van der Waals surface area contributed by atoms with E-state index in [2.05, 4.69) is 37.0 Å². The first-order valence-corrected chi connectivity index (χ1v) is 12.3.